The van der Waals surface area contributed by atoms with Gasteiger partial charge in [-0.25, -0.2) is 4.57 Å². The Labute approximate surface area is 217 Å². The SMILES string of the molecule is C[C@@H](C(=O)OCc1ccccc1)[C@@H](O)C[C@H](O)COP(=O)(OCc1ccccc1)OCc1ccccc1. The molecule has 37 heavy (non-hydrogen) atoms. The van der Waals surface area contributed by atoms with Gasteiger partial charge in [0, 0.05) is 6.42 Å². The van der Waals surface area contributed by atoms with Crippen molar-refractivity contribution in [1.82, 2.24) is 0 Å². The van der Waals surface area contributed by atoms with Crippen molar-refractivity contribution in [3.8, 4) is 0 Å². The van der Waals surface area contributed by atoms with Crippen molar-refractivity contribution in [3.05, 3.63) is 108 Å². The first-order valence-corrected chi connectivity index (χ1v) is 13.5. The average Bonchev–Trinajstić information content (AvgIpc) is 2.94. The number of esters is 1. The standard InChI is InChI=1S/C28H33O8P/c1-22(28(31)33-18-23-11-5-2-6-12-23)27(30)17-26(29)21-36-37(32,34-19-24-13-7-3-8-14-24)35-20-25-15-9-4-10-16-25/h2-16,22,26-27,29-30H,17-21H2,1H3/t22-,26+,27+/m1/s1. The summed E-state index contributed by atoms with van der Waals surface area (Å²) in [6.45, 7) is 1.14. The second kappa shape index (κ2) is 14.8. The Hall–Kier alpha value is -2.84. The third kappa shape index (κ3) is 10.2. The monoisotopic (exact) mass is 528 g/mol. The first-order valence-electron chi connectivity index (χ1n) is 12.0. The van der Waals surface area contributed by atoms with Gasteiger partial charge in [0.1, 0.15) is 6.61 Å². The van der Waals surface area contributed by atoms with Crippen LogP contribution in [0.5, 0.6) is 0 Å². The molecule has 3 aromatic rings. The fraction of sp³-hybridized carbons (Fsp3) is 0.321. The van der Waals surface area contributed by atoms with Gasteiger partial charge in [-0.1, -0.05) is 91.0 Å². The molecular weight excluding hydrogens is 495 g/mol. The highest BCUT2D eigenvalue weighted by atomic mass is 31.2. The van der Waals surface area contributed by atoms with Crippen LogP contribution in [0, 0.1) is 5.92 Å². The normalized spacial score (nSPS) is 14.0. The third-order valence-electron chi connectivity index (χ3n) is 5.58. The van der Waals surface area contributed by atoms with Crippen molar-refractivity contribution in [2.45, 2.75) is 45.4 Å². The number of hydrogen-bond donors (Lipinski definition) is 2. The van der Waals surface area contributed by atoms with Crippen molar-refractivity contribution in [2.24, 2.45) is 5.92 Å². The minimum absolute atomic E-state index is 0.0179. The number of aliphatic hydroxyl groups is 2. The molecule has 0 spiro atoms. The van der Waals surface area contributed by atoms with Crippen LogP contribution in [-0.4, -0.2) is 35.0 Å². The number of hydrogen-bond acceptors (Lipinski definition) is 8. The maximum Gasteiger partial charge on any atom is 0.475 e. The van der Waals surface area contributed by atoms with Crippen molar-refractivity contribution in [2.75, 3.05) is 6.61 Å². The molecule has 0 unspecified atom stereocenters. The van der Waals surface area contributed by atoms with E-state index in [1.54, 1.807) is 0 Å². The van der Waals surface area contributed by atoms with Crippen molar-refractivity contribution in [3.63, 3.8) is 0 Å². The van der Waals surface area contributed by atoms with Crippen molar-refractivity contribution in [1.29, 1.82) is 0 Å². The smallest absolute Gasteiger partial charge is 0.461 e. The molecule has 0 aliphatic carbocycles. The summed E-state index contributed by atoms with van der Waals surface area (Å²) in [5, 5.41) is 20.9. The molecule has 8 nitrogen and oxygen atoms in total. The lowest BCUT2D eigenvalue weighted by Gasteiger charge is -2.23. The van der Waals surface area contributed by atoms with E-state index < -0.39 is 38.5 Å². The van der Waals surface area contributed by atoms with Crippen LogP contribution in [0.15, 0.2) is 91.0 Å². The minimum Gasteiger partial charge on any atom is -0.461 e. The lowest BCUT2D eigenvalue weighted by Crippen LogP contribution is -2.32. The molecular formula is C28H33O8P. The predicted molar refractivity (Wildman–Crippen MR) is 138 cm³/mol. The average molecular weight is 529 g/mol. The van der Waals surface area contributed by atoms with E-state index in [0.717, 1.165) is 16.7 Å². The molecule has 3 rings (SSSR count). The van der Waals surface area contributed by atoms with E-state index in [9.17, 15) is 19.6 Å². The number of carbonyl (C=O) groups is 1. The predicted octanol–water partition coefficient (Wildman–Crippen LogP) is 5.04. The Balaban J connectivity index is 1.51. The molecule has 0 heterocycles. The molecule has 0 aliphatic heterocycles. The molecule has 0 radical (unpaired) electrons. The highest BCUT2D eigenvalue weighted by Crippen LogP contribution is 2.51. The number of rotatable bonds is 15. The van der Waals surface area contributed by atoms with Gasteiger partial charge in [0.15, 0.2) is 0 Å². The maximum absolute atomic E-state index is 13.3. The molecule has 0 bridgehead atoms. The summed E-state index contributed by atoms with van der Waals surface area (Å²) in [4.78, 5) is 12.3. The van der Waals surface area contributed by atoms with Gasteiger partial charge in [-0.3, -0.25) is 18.4 Å². The van der Waals surface area contributed by atoms with Crippen LogP contribution in [-0.2, 0) is 47.5 Å². The summed E-state index contributed by atoms with van der Waals surface area (Å²) in [5.74, 6) is -1.47. The van der Waals surface area contributed by atoms with Gasteiger partial charge in [-0.2, -0.15) is 0 Å². The van der Waals surface area contributed by atoms with Crippen LogP contribution in [0.25, 0.3) is 0 Å². The first kappa shape index (κ1) is 28.7. The van der Waals surface area contributed by atoms with Crippen LogP contribution in [0.1, 0.15) is 30.0 Å². The molecule has 198 valence electrons. The molecule has 0 amide bonds. The highest BCUT2D eigenvalue weighted by molar-refractivity contribution is 7.48. The van der Waals surface area contributed by atoms with E-state index in [0.29, 0.717) is 0 Å². The van der Waals surface area contributed by atoms with E-state index in [4.69, 9.17) is 18.3 Å². The van der Waals surface area contributed by atoms with Gasteiger partial charge in [0.25, 0.3) is 0 Å². The quantitative estimate of drug-likeness (QED) is 0.209. The Morgan fingerprint density at radius 3 is 1.62 bits per heavy atom. The van der Waals surface area contributed by atoms with Crippen LogP contribution in [0.4, 0.5) is 0 Å². The second-order valence-electron chi connectivity index (χ2n) is 8.60. The Morgan fingerprint density at radius 1 is 0.730 bits per heavy atom. The second-order valence-corrected chi connectivity index (χ2v) is 10.3. The van der Waals surface area contributed by atoms with E-state index in [2.05, 4.69) is 0 Å². The van der Waals surface area contributed by atoms with E-state index >= 15 is 0 Å². The Morgan fingerprint density at radius 2 is 1.16 bits per heavy atom. The molecule has 0 aromatic heterocycles. The van der Waals surface area contributed by atoms with Gasteiger partial charge in [-0.15, -0.1) is 0 Å². The van der Waals surface area contributed by atoms with Gasteiger partial charge < -0.3 is 14.9 Å². The van der Waals surface area contributed by atoms with E-state index in [1.807, 2.05) is 91.0 Å². The fourth-order valence-corrected chi connectivity index (χ4v) is 4.51. The van der Waals surface area contributed by atoms with Crippen LogP contribution in [0.2, 0.25) is 0 Å². The highest BCUT2D eigenvalue weighted by Gasteiger charge is 2.31. The first-order chi connectivity index (χ1) is 17.8. The molecule has 0 aliphatic rings. The van der Waals surface area contributed by atoms with Crippen LogP contribution < -0.4 is 0 Å². The fourth-order valence-electron chi connectivity index (χ4n) is 3.31. The summed E-state index contributed by atoms with van der Waals surface area (Å²) >= 11 is 0. The Bertz CT molecular complexity index is 1060. The summed E-state index contributed by atoms with van der Waals surface area (Å²) in [5.41, 5.74) is 2.37. The van der Waals surface area contributed by atoms with E-state index in [-0.39, 0.29) is 26.2 Å². The number of benzene rings is 3. The number of aliphatic hydroxyl groups excluding tert-OH is 2. The topological polar surface area (TPSA) is 112 Å². The number of phosphoric ester groups is 1. The number of ether oxygens (including phenoxy) is 1. The molecule has 3 aromatic carbocycles. The van der Waals surface area contributed by atoms with Crippen molar-refractivity contribution < 1.29 is 37.9 Å². The Kier molecular flexibility index (Phi) is 11.5. The lowest BCUT2D eigenvalue weighted by atomic mass is 9.99. The molecule has 9 heteroatoms. The zero-order valence-electron chi connectivity index (χ0n) is 20.7. The van der Waals surface area contributed by atoms with Crippen LogP contribution >= 0.6 is 7.82 Å². The number of phosphoric acid groups is 1. The summed E-state index contributed by atoms with van der Waals surface area (Å²) in [6.07, 6.45) is -2.62. The molecule has 0 saturated heterocycles. The third-order valence-corrected chi connectivity index (χ3v) is 6.93. The van der Waals surface area contributed by atoms with E-state index in [1.165, 1.54) is 6.92 Å². The van der Waals surface area contributed by atoms with Crippen LogP contribution in [0.3, 0.4) is 0 Å². The zero-order chi connectivity index (χ0) is 26.5. The number of carbonyl (C=O) groups excluding carboxylic acids is 1. The van der Waals surface area contributed by atoms with Gasteiger partial charge in [0.2, 0.25) is 0 Å². The molecule has 0 fully saturated rings. The largest absolute Gasteiger partial charge is 0.475 e. The van der Waals surface area contributed by atoms with Gasteiger partial charge >= 0.3 is 13.8 Å². The summed E-state index contributed by atoms with van der Waals surface area (Å²) < 4.78 is 35.0. The summed E-state index contributed by atoms with van der Waals surface area (Å²) in [7, 11) is -4.07. The van der Waals surface area contributed by atoms with Crippen molar-refractivity contribution >= 4 is 13.8 Å². The molecule has 2 N–H and O–H groups in total. The van der Waals surface area contributed by atoms with Gasteiger partial charge in [-0.05, 0) is 23.6 Å². The minimum atomic E-state index is -4.07. The summed E-state index contributed by atoms with van der Waals surface area (Å²) in [6, 6.07) is 27.4. The molecule has 0 saturated carbocycles. The zero-order valence-corrected chi connectivity index (χ0v) is 21.6. The molecule has 3 atom stereocenters. The maximum atomic E-state index is 13.3. The lowest BCUT2D eigenvalue weighted by molar-refractivity contribution is -0.153. The van der Waals surface area contributed by atoms with Gasteiger partial charge in [0.05, 0.1) is 37.9 Å².